The van der Waals surface area contributed by atoms with Crippen LogP contribution >= 0.6 is 11.3 Å². The fourth-order valence-electron chi connectivity index (χ4n) is 3.38. The molecule has 2 amide bonds. The molecule has 31 heavy (non-hydrogen) atoms. The number of rotatable bonds is 10. The fraction of sp³-hybridized carbons (Fsp3) is 0.250. The zero-order valence-corrected chi connectivity index (χ0v) is 18.5. The molecule has 0 spiro atoms. The maximum Gasteiger partial charge on any atom is 0.251 e. The second kappa shape index (κ2) is 10.7. The Hall–Kier alpha value is -3.16. The van der Waals surface area contributed by atoms with Gasteiger partial charge in [0, 0.05) is 17.7 Å². The molecule has 0 aliphatic carbocycles. The summed E-state index contributed by atoms with van der Waals surface area (Å²) in [4.78, 5) is 26.2. The molecule has 7 heteroatoms. The molecule has 2 aromatic carbocycles. The van der Waals surface area contributed by atoms with Crippen LogP contribution in [0.15, 0.2) is 65.4 Å². The largest absolute Gasteiger partial charge is 0.457 e. The number of nitrogens with two attached hydrogens (primary N) is 1. The molecule has 1 unspecified atom stereocenters. The standard InChI is InChI=1S/C24H27N3O3S/c1-3-27(4-2)22(19-13-14-31-16-19)15-26-24(29)18-7-11-21(12-8-18)30-20-9-5-17(6-10-20)23(25)28/h5-14,16,22H,3-4,15H2,1-2H3,(H2,25,28)(H,26,29). The third-order valence-electron chi connectivity index (χ3n) is 5.13. The van der Waals surface area contributed by atoms with Crippen LogP contribution in [-0.2, 0) is 0 Å². The summed E-state index contributed by atoms with van der Waals surface area (Å²) < 4.78 is 5.77. The Morgan fingerprint density at radius 1 is 0.968 bits per heavy atom. The van der Waals surface area contributed by atoms with Gasteiger partial charge in [0.1, 0.15) is 11.5 Å². The SMILES string of the molecule is CCN(CC)C(CNC(=O)c1ccc(Oc2ccc(C(N)=O)cc2)cc1)c1ccsc1. The molecule has 6 nitrogen and oxygen atoms in total. The van der Waals surface area contributed by atoms with Crippen molar-refractivity contribution in [2.24, 2.45) is 5.73 Å². The zero-order valence-electron chi connectivity index (χ0n) is 17.7. The summed E-state index contributed by atoms with van der Waals surface area (Å²) in [7, 11) is 0. The summed E-state index contributed by atoms with van der Waals surface area (Å²) in [5, 5.41) is 7.26. The molecular formula is C24H27N3O3S. The Labute approximate surface area is 186 Å². The molecule has 0 saturated carbocycles. The number of amides is 2. The Bertz CT molecular complexity index is 982. The fourth-order valence-corrected chi connectivity index (χ4v) is 4.08. The molecule has 0 fully saturated rings. The molecule has 1 atom stereocenters. The molecule has 1 heterocycles. The van der Waals surface area contributed by atoms with Gasteiger partial charge >= 0.3 is 0 Å². The molecule has 1 aromatic heterocycles. The summed E-state index contributed by atoms with van der Waals surface area (Å²) in [6, 6.07) is 15.8. The van der Waals surface area contributed by atoms with Crippen molar-refractivity contribution in [3.63, 3.8) is 0 Å². The van der Waals surface area contributed by atoms with Crippen LogP contribution in [0.5, 0.6) is 11.5 Å². The first-order valence-corrected chi connectivity index (χ1v) is 11.2. The average Bonchev–Trinajstić information content (AvgIpc) is 3.32. The van der Waals surface area contributed by atoms with Gasteiger partial charge in [0.15, 0.2) is 0 Å². The van der Waals surface area contributed by atoms with Crippen LogP contribution < -0.4 is 15.8 Å². The van der Waals surface area contributed by atoms with E-state index in [1.807, 2.05) is 0 Å². The van der Waals surface area contributed by atoms with E-state index < -0.39 is 5.91 Å². The van der Waals surface area contributed by atoms with Crippen molar-refractivity contribution < 1.29 is 14.3 Å². The molecule has 0 aliphatic rings. The van der Waals surface area contributed by atoms with Gasteiger partial charge in [-0.2, -0.15) is 11.3 Å². The number of ether oxygens (including phenoxy) is 1. The second-order valence-electron chi connectivity index (χ2n) is 7.02. The molecule has 0 aliphatic heterocycles. The number of primary amides is 1. The minimum Gasteiger partial charge on any atom is -0.457 e. The Morgan fingerprint density at radius 2 is 1.55 bits per heavy atom. The minimum atomic E-state index is -0.482. The van der Waals surface area contributed by atoms with Crippen molar-refractivity contribution in [2.75, 3.05) is 19.6 Å². The number of hydrogen-bond acceptors (Lipinski definition) is 5. The van der Waals surface area contributed by atoms with Gasteiger partial charge in [-0.3, -0.25) is 14.5 Å². The maximum absolute atomic E-state index is 12.7. The molecule has 3 N–H and O–H groups in total. The summed E-state index contributed by atoms with van der Waals surface area (Å²) >= 11 is 1.67. The van der Waals surface area contributed by atoms with Gasteiger partial charge in [-0.05, 0) is 84.0 Å². The average molecular weight is 438 g/mol. The molecule has 162 valence electrons. The van der Waals surface area contributed by atoms with E-state index in [2.05, 4.69) is 40.9 Å². The predicted octanol–water partition coefficient (Wildman–Crippen LogP) is 4.45. The Morgan fingerprint density at radius 3 is 2.03 bits per heavy atom. The van der Waals surface area contributed by atoms with Gasteiger partial charge in [-0.1, -0.05) is 13.8 Å². The van der Waals surface area contributed by atoms with Crippen molar-refractivity contribution in [3.05, 3.63) is 82.0 Å². The third-order valence-corrected chi connectivity index (χ3v) is 5.83. The first-order chi connectivity index (χ1) is 15.0. The quantitative estimate of drug-likeness (QED) is 0.491. The van der Waals surface area contributed by atoms with E-state index in [4.69, 9.17) is 10.5 Å². The summed E-state index contributed by atoms with van der Waals surface area (Å²) in [5.74, 6) is 0.580. The van der Waals surface area contributed by atoms with Crippen LogP contribution in [0.4, 0.5) is 0 Å². The number of carbonyl (C=O) groups is 2. The van der Waals surface area contributed by atoms with E-state index in [-0.39, 0.29) is 11.9 Å². The third kappa shape index (κ3) is 5.93. The van der Waals surface area contributed by atoms with Crippen LogP contribution in [0.1, 0.15) is 46.2 Å². The number of thiophene rings is 1. The first-order valence-electron chi connectivity index (χ1n) is 10.2. The smallest absolute Gasteiger partial charge is 0.251 e. The molecule has 0 saturated heterocycles. The van der Waals surface area contributed by atoms with Gasteiger partial charge in [0.25, 0.3) is 5.91 Å². The summed E-state index contributed by atoms with van der Waals surface area (Å²) in [5.41, 5.74) is 7.46. The highest BCUT2D eigenvalue weighted by molar-refractivity contribution is 7.08. The van der Waals surface area contributed by atoms with E-state index in [1.54, 1.807) is 59.9 Å². The van der Waals surface area contributed by atoms with Gasteiger partial charge in [-0.25, -0.2) is 0 Å². The topological polar surface area (TPSA) is 84.7 Å². The number of carbonyl (C=O) groups excluding carboxylic acids is 2. The van der Waals surface area contributed by atoms with E-state index in [0.717, 1.165) is 13.1 Å². The molecule has 0 radical (unpaired) electrons. The molecular weight excluding hydrogens is 410 g/mol. The number of benzene rings is 2. The number of nitrogens with one attached hydrogen (secondary N) is 1. The highest BCUT2D eigenvalue weighted by atomic mass is 32.1. The van der Waals surface area contributed by atoms with Gasteiger partial charge in [0.05, 0.1) is 6.04 Å². The van der Waals surface area contributed by atoms with Gasteiger partial charge in [0.2, 0.25) is 5.91 Å². The lowest BCUT2D eigenvalue weighted by atomic mass is 10.1. The van der Waals surface area contributed by atoms with Crippen molar-refractivity contribution in [2.45, 2.75) is 19.9 Å². The monoisotopic (exact) mass is 437 g/mol. The lowest BCUT2D eigenvalue weighted by Gasteiger charge is -2.29. The van der Waals surface area contributed by atoms with Crippen molar-refractivity contribution in [1.82, 2.24) is 10.2 Å². The molecule has 3 aromatic rings. The van der Waals surface area contributed by atoms with Crippen LogP contribution in [0, 0.1) is 0 Å². The Kier molecular flexibility index (Phi) is 7.81. The lowest BCUT2D eigenvalue weighted by molar-refractivity contribution is 0.0934. The van der Waals surface area contributed by atoms with E-state index in [1.165, 1.54) is 5.56 Å². The normalized spacial score (nSPS) is 11.8. The number of nitrogens with zero attached hydrogens (tertiary/aromatic N) is 1. The zero-order chi connectivity index (χ0) is 22.2. The van der Waals surface area contributed by atoms with Crippen LogP contribution in [-0.4, -0.2) is 36.3 Å². The van der Waals surface area contributed by atoms with E-state index >= 15 is 0 Å². The first kappa shape index (κ1) is 22.5. The maximum atomic E-state index is 12.7. The number of hydrogen-bond donors (Lipinski definition) is 2. The second-order valence-corrected chi connectivity index (χ2v) is 7.80. The van der Waals surface area contributed by atoms with Crippen LogP contribution in [0.25, 0.3) is 0 Å². The Balaban J connectivity index is 1.61. The van der Waals surface area contributed by atoms with E-state index in [9.17, 15) is 9.59 Å². The molecule has 0 bridgehead atoms. The van der Waals surface area contributed by atoms with Crippen LogP contribution in [0.2, 0.25) is 0 Å². The molecule has 3 rings (SSSR count). The van der Waals surface area contributed by atoms with Gasteiger partial charge in [-0.15, -0.1) is 0 Å². The van der Waals surface area contributed by atoms with Crippen molar-refractivity contribution in [3.8, 4) is 11.5 Å². The van der Waals surface area contributed by atoms with Crippen molar-refractivity contribution >= 4 is 23.2 Å². The lowest BCUT2D eigenvalue weighted by Crippen LogP contribution is -2.37. The number of likely N-dealkylation sites (N-methyl/N-ethyl adjacent to an activating group) is 1. The van der Waals surface area contributed by atoms with Gasteiger partial charge < -0.3 is 15.8 Å². The van der Waals surface area contributed by atoms with E-state index in [0.29, 0.717) is 29.2 Å². The predicted molar refractivity (Wildman–Crippen MR) is 124 cm³/mol. The highest BCUT2D eigenvalue weighted by Crippen LogP contribution is 2.24. The highest BCUT2D eigenvalue weighted by Gasteiger charge is 2.19. The van der Waals surface area contributed by atoms with Crippen molar-refractivity contribution in [1.29, 1.82) is 0 Å². The summed E-state index contributed by atoms with van der Waals surface area (Å²) in [6.45, 7) is 6.64. The van der Waals surface area contributed by atoms with Crippen LogP contribution in [0.3, 0.4) is 0 Å². The minimum absolute atomic E-state index is 0.121. The summed E-state index contributed by atoms with van der Waals surface area (Å²) in [6.07, 6.45) is 0.